The zero-order valence-corrected chi connectivity index (χ0v) is 10.5. The molecule has 5 N–H and O–H groups in total. The van der Waals surface area contributed by atoms with Crippen molar-refractivity contribution < 1.29 is 4.39 Å². The summed E-state index contributed by atoms with van der Waals surface area (Å²) in [6.45, 7) is 0. The Labute approximate surface area is 107 Å². The van der Waals surface area contributed by atoms with Crippen LogP contribution in [-0.2, 0) is 0 Å². The number of para-hydroxylation sites is 1. The average Bonchev–Trinajstić information content (AvgIpc) is 2.28. The van der Waals surface area contributed by atoms with Crippen molar-refractivity contribution in [2.24, 2.45) is 0 Å². The molecule has 0 amide bonds. The number of nitrogen functional groups attached to an aromatic ring is 2. The Morgan fingerprint density at radius 2 is 1.82 bits per heavy atom. The fourth-order valence-corrected chi connectivity index (χ4v) is 1.86. The fraction of sp³-hybridized carbons (Fsp3) is 0. The molecule has 0 aliphatic heterocycles. The van der Waals surface area contributed by atoms with E-state index < -0.39 is 0 Å². The first-order chi connectivity index (χ1) is 8.08. The highest BCUT2D eigenvalue weighted by atomic mass is 79.9. The van der Waals surface area contributed by atoms with Crippen LogP contribution < -0.4 is 16.8 Å². The van der Waals surface area contributed by atoms with Crippen molar-refractivity contribution >= 4 is 38.7 Å². The number of nitrogens with two attached hydrogens (primary N) is 2. The van der Waals surface area contributed by atoms with Gasteiger partial charge in [-0.1, -0.05) is 6.07 Å². The Morgan fingerprint density at radius 3 is 2.47 bits per heavy atom. The maximum Gasteiger partial charge on any atom is 0.147 e. The van der Waals surface area contributed by atoms with Gasteiger partial charge in [0, 0.05) is 10.2 Å². The highest BCUT2D eigenvalue weighted by Gasteiger charge is 2.07. The van der Waals surface area contributed by atoms with E-state index in [0.717, 1.165) is 0 Å². The summed E-state index contributed by atoms with van der Waals surface area (Å²) in [5, 5.41) is 2.95. The molecule has 17 heavy (non-hydrogen) atoms. The van der Waals surface area contributed by atoms with E-state index in [-0.39, 0.29) is 5.82 Å². The molecule has 0 aromatic heterocycles. The lowest BCUT2D eigenvalue weighted by Crippen LogP contribution is -1.98. The minimum atomic E-state index is -0.338. The molecule has 2 aromatic carbocycles. The quantitative estimate of drug-likeness (QED) is 0.743. The number of rotatable bonds is 2. The molecule has 0 fully saturated rings. The van der Waals surface area contributed by atoms with Gasteiger partial charge in [-0.2, -0.15) is 0 Å². The maximum absolute atomic E-state index is 13.6. The van der Waals surface area contributed by atoms with Crippen LogP contribution in [0.1, 0.15) is 0 Å². The van der Waals surface area contributed by atoms with Crippen LogP contribution in [0.3, 0.4) is 0 Å². The second kappa shape index (κ2) is 4.63. The molecule has 0 aliphatic carbocycles. The van der Waals surface area contributed by atoms with Crippen LogP contribution in [0.25, 0.3) is 0 Å². The second-order valence-electron chi connectivity index (χ2n) is 3.57. The number of hydrogen-bond acceptors (Lipinski definition) is 3. The molecule has 0 aliphatic rings. The Morgan fingerprint density at radius 1 is 1.06 bits per heavy atom. The Balaban J connectivity index is 2.35. The first-order valence-electron chi connectivity index (χ1n) is 4.94. The zero-order valence-electron chi connectivity index (χ0n) is 8.87. The van der Waals surface area contributed by atoms with Gasteiger partial charge in [0.1, 0.15) is 5.82 Å². The third kappa shape index (κ3) is 2.50. The summed E-state index contributed by atoms with van der Waals surface area (Å²) >= 11 is 3.28. The summed E-state index contributed by atoms with van der Waals surface area (Å²) in [4.78, 5) is 0. The molecule has 0 spiro atoms. The monoisotopic (exact) mass is 295 g/mol. The SMILES string of the molecule is Nc1ccc(Nc2c(F)cccc2Br)cc1N. The minimum Gasteiger partial charge on any atom is -0.397 e. The Hall–Kier alpha value is -1.75. The third-order valence-corrected chi connectivity index (χ3v) is 2.98. The average molecular weight is 296 g/mol. The number of anilines is 4. The fourth-order valence-electron chi connectivity index (χ4n) is 1.41. The summed E-state index contributed by atoms with van der Waals surface area (Å²) in [5.41, 5.74) is 13.3. The first-order valence-corrected chi connectivity index (χ1v) is 5.73. The van der Waals surface area contributed by atoms with Gasteiger partial charge in [-0.25, -0.2) is 4.39 Å². The molecule has 0 radical (unpaired) electrons. The number of hydrogen-bond donors (Lipinski definition) is 3. The summed E-state index contributed by atoms with van der Waals surface area (Å²) in [7, 11) is 0. The van der Waals surface area contributed by atoms with Crippen LogP contribution >= 0.6 is 15.9 Å². The molecule has 0 saturated carbocycles. The van der Waals surface area contributed by atoms with Crippen molar-refractivity contribution in [1.82, 2.24) is 0 Å². The van der Waals surface area contributed by atoms with Crippen molar-refractivity contribution in [1.29, 1.82) is 0 Å². The smallest absolute Gasteiger partial charge is 0.147 e. The largest absolute Gasteiger partial charge is 0.397 e. The lowest BCUT2D eigenvalue weighted by atomic mass is 10.2. The molecule has 0 unspecified atom stereocenters. The van der Waals surface area contributed by atoms with Crippen LogP contribution in [0.15, 0.2) is 40.9 Å². The predicted molar refractivity (Wildman–Crippen MR) is 72.6 cm³/mol. The van der Waals surface area contributed by atoms with E-state index in [1.807, 2.05) is 0 Å². The zero-order chi connectivity index (χ0) is 12.4. The van der Waals surface area contributed by atoms with Gasteiger partial charge in [-0.3, -0.25) is 0 Å². The maximum atomic E-state index is 13.6. The van der Waals surface area contributed by atoms with Crippen molar-refractivity contribution in [2.45, 2.75) is 0 Å². The van der Waals surface area contributed by atoms with Gasteiger partial charge in [0.2, 0.25) is 0 Å². The van der Waals surface area contributed by atoms with E-state index in [2.05, 4.69) is 21.2 Å². The number of benzene rings is 2. The van der Waals surface area contributed by atoms with E-state index in [1.54, 1.807) is 30.3 Å². The summed E-state index contributed by atoms with van der Waals surface area (Å²) in [6, 6.07) is 9.84. The number of halogens is 2. The van der Waals surface area contributed by atoms with Gasteiger partial charge >= 0.3 is 0 Å². The molecule has 0 atom stereocenters. The van der Waals surface area contributed by atoms with Gasteiger partial charge in [0.25, 0.3) is 0 Å². The lowest BCUT2D eigenvalue weighted by Gasteiger charge is -2.10. The molecular formula is C12H11BrFN3. The van der Waals surface area contributed by atoms with Crippen molar-refractivity contribution in [3.8, 4) is 0 Å². The summed E-state index contributed by atoms with van der Waals surface area (Å²) in [6.07, 6.45) is 0. The van der Waals surface area contributed by atoms with E-state index in [9.17, 15) is 4.39 Å². The highest BCUT2D eigenvalue weighted by Crippen LogP contribution is 2.30. The molecule has 2 rings (SSSR count). The molecule has 5 heteroatoms. The van der Waals surface area contributed by atoms with Crippen LogP contribution in [0.4, 0.5) is 27.1 Å². The van der Waals surface area contributed by atoms with E-state index in [0.29, 0.717) is 27.2 Å². The van der Waals surface area contributed by atoms with Gasteiger partial charge in [0.05, 0.1) is 17.1 Å². The molecule has 88 valence electrons. The lowest BCUT2D eigenvalue weighted by molar-refractivity contribution is 0.631. The highest BCUT2D eigenvalue weighted by molar-refractivity contribution is 9.10. The van der Waals surface area contributed by atoms with Crippen molar-refractivity contribution in [2.75, 3.05) is 16.8 Å². The molecular weight excluding hydrogens is 285 g/mol. The summed E-state index contributed by atoms with van der Waals surface area (Å²) in [5.74, 6) is -0.338. The van der Waals surface area contributed by atoms with Crippen LogP contribution in [0, 0.1) is 5.82 Å². The molecule has 2 aromatic rings. The summed E-state index contributed by atoms with van der Waals surface area (Å²) < 4.78 is 14.2. The van der Waals surface area contributed by atoms with Gasteiger partial charge < -0.3 is 16.8 Å². The van der Waals surface area contributed by atoms with Gasteiger partial charge in [-0.05, 0) is 46.3 Å². The van der Waals surface area contributed by atoms with Gasteiger partial charge in [-0.15, -0.1) is 0 Å². The molecule has 0 saturated heterocycles. The molecule has 0 bridgehead atoms. The van der Waals surface area contributed by atoms with E-state index in [4.69, 9.17) is 11.5 Å². The first kappa shape index (κ1) is 11.7. The molecule has 0 heterocycles. The Kier molecular flexibility index (Phi) is 3.19. The van der Waals surface area contributed by atoms with Crippen molar-refractivity contribution in [3.05, 3.63) is 46.7 Å². The normalized spacial score (nSPS) is 10.2. The standard InChI is InChI=1S/C12H11BrFN3/c13-8-2-1-3-9(14)12(8)17-7-4-5-10(15)11(16)6-7/h1-6,17H,15-16H2. The third-order valence-electron chi connectivity index (χ3n) is 2.32. The Bertz CT molecular complexity index is 537. The minimum absolute atomic E-state index is 0.338. The predicted octanol–water partition coefficient (Wildman–Crippen LogP) is 3.50. The van der Waals surface area contributed by atoms with E-state index in [1.165, 1.54) is 6.07 Å². The topological polar surface area (TPSA) is 64.1 Å². The number of nitrogens with one attached hydrogen (secondary N) is 1. The second-order valence-corrected chi connectivity index (χ2v) is 4.42. The van der Waals surface area contributed by atoms with Crippen LogP contribution in [0.2, 0.25) is 0 Å². The van der Waals surface area contributed by atoms with Crippen LogP contribution in [-0.4, -0.2) is 0 Å². The van der Waals surface area contributed by atoms with Crippen molar-refractivity contribution in [3.63, 3.8) is 0 Å². The van der Waals surface area contributed by atoms with E-state index >= 15 is 0 Å². The van der Waals surface area contributed by atoms with Crippen LogP contribution in [0.5, 0.6) is 0 Å². The van der Waals surface area contributed by atoms with Gasteiger partial charge in [0.15, 0.2) is 0 Å². The molecule has 3 nitrogen and oxygen atoms in total.